The summed E-state index contributed by atoms with van der Waals surface area (Å²) in [7, 11) is 3.93. The highest BCUT2D eigenvalue weighted by Gasteiger charge is 2.25. The highest BCUT2D eigenvalue weighted by molar-refractivity contribution is 7.22. The summed E-state index contributed by atoms with van der Waals surface area (Å²) in [6.45, 7) is 2.83. The molecule has 0 saturated heterocycles. The topological polar surface area (TPSA) is 79.6 Å². The smallest absolute Gasteiger partial charge is 0.273 e. The van der Waals surface area contributed by atoms with Crippen LogP contribution in [0.4, 0.5) is 10.8 Å². The Balaban J connectivity index is 0.00000320. The molecular weight excluding hydrogens is 447 g/mol. The van der Waals surface area contributed by atoms with Gasteiger partial charge in [-0.25, -0.2) is 4.98 Å². The van der Waals surface area contributed by atoms with Crippen molar-refractivity contribution < 1.29 is 9.72 Å². The molecule has 10 heteroatoms. The average Bonchev–Trinajstić information content (AvgIpc) is 3.10. The van der Waals surface area contributed by atoms with Gasteiger partial charge in [-0.15, -0.1) is 12.4 Å². The zero-order valence-electron chi connectivity index (χ0n) is 16.8. The fourth-order valence-corrected chi connectivity index (χ4v) is 4.34. The molecule has 30 heavy (non-hydrogen) atoms. The SMILES string of the molecule is Cc1c(C(=O)N(CCCN(C)C)c2nc3c(Cl)cccc3s2)cccc1[N+](=O)[O-].Cl. The number of nitro benzene ring substituents is 1. The fourth-order valence-electron chi connectivity index (χ4n) is 3.05. The summed E-state index contributed by atoms with van der Waals surface area (Å²) in [4.78, 5) is 32.4. The molecule has 0 fully saturated rings. The second-order valence-electron chi connectivity index (χ2n) is 6.90. The molecule has 0 atom stereocenters. The molecule has 7 nitrogen and oxygen atoms in total. The number of rotatable bonds is 7. The molecule has 1 heterocycles. The molecule has 0 aliphatic rings. The number of halogens is 2. The first-order valence-corrected chi connectivity index (χ1v) is 10.2. The number of fused-ring (bicyclic) bond motifs is 1. The van der Waals surface area contributed by atoms with Crippen LogP contribution in [0.25, 0.3) is 10.2 Å². The highest BCUT2D eigenvalue weighted by atomic mass is 35.5. The maximum atomic E-state index is 13.4. The van der Waals surface area contributed by atoms with E-state index < -0.39 is 4.92 Å². The lowest BCUT2D eigenvalue weighted by atomic mass is 10.1. The Hall–Kier alpha value is -2.26. The third kappa shape index (κ3) is 5.07. The molecular formula is C20H22Cl2N4O3S. The predicted molar refractivity (Wildman–Crippen MR) is 125 cm³/mol. The van der Waals surface area contributed by atoms with Gasteiger partial charge in [0.15, 0.2) is 5.13 Å². The number of carbonyl (C=O) groups excluding carboxylic acids is 1. The van der Waals surface area contributed by atoms with Crippen LogP contribution in [0, 0.1) is 17.0 Å². The number of para-hydroxylation sites is 1. The summed E-state index contributed by atoms with van der Waals surface area (Å²) < 4.78 is 0.883. The van der Waals surface area contributed by atoms with Gasteiger partial charge in [-0.2, -0.15) is 0 Å². The summed E-state index contributed by atoms with van der Waals surface area (Å²) in [5, 5.41) is 12.3. The summed E-state index contributed by atoms with van der Waals surface area (Å²) in [5.74, 6) is -0.305. The lowest BCUT2D eigenvalue weighted by Crippen LogP contribution is -2.34. The van der Waals surface area contributed by atoms with E-state index in [1.54, 1.807) is 24.0 Å². The van der Waals surface area contributed by atoms with Crippen molar-refractivity contribution in [3.63, 3.8) is 0 Å². The van der Waals surface area contributed by atoms with Crippen molar-refractivity contribution in [3.05, 3.63) is 62.7 Å². The monoisotopic (exact) mass is 468 g/mol. The first kappa shape index (κ1) is 24.0. The van der Waals surface area contributed by atoms with Crippen molar-refractivity contribution in [3.8, 4) is 0 Å². The van der Waals surface area contributed by atoms with Crippen molar-refractivity contribution >= 4 is 62.3 Å². The quantitative estimate of drug-likeness (QED) is 0.352. The van der Waals surface area contributed by atoms with Crippen LogP contribution in [0.3, 0.4) is 0 Å². The number of amides is 1. The highest BCUT2D eigenvalue weighted by Crippen LogP contribution is 2.34. The Morgan fingerprint density at radius 3 is 2.53 bits per heavy atom. The van der Waals surface area contributed by atoms with E-state index in [0.29, 0.717) is 33.3 Å². The van der Waals surface area contributed by atoms with Crippen LogP contribution >= 0.6 is 35.3 Å². The largest absolute Gasteiger partial charge is 0.309 e. The predicted octanol–water partition coefficient (Wildman–Crippen LogP) is 5.19. The number of thiazole rings is 1. The van der Waals surface area contributed by atoms with Crippen molar-refractivity contribution in [1.82, 2.24) is 9.88 Å². The second-order valence-corrected chi connectivity index (χ2v) is 8.32. The summed E-state index contributed by atoms with van der Waals surface area (Å²) in [6, 6.07) is 10.1. The number of benzene rings is 2. The molecule has 0 bridgehead atoms. The molecule has 0 aliphatic carbocycles. The zero-order chi connectivity index (χ0) is 21.1. The first-order chi connectivity index (χ1) is 13.8. The van der Waals surface area contributed by atoms with E-state index in [1.165, 1.54) is 23.5 Å². The number of carbonyl (C=O) groups is 1. The second kappa shape index (κ2) is 10.2. The Labute approximate surface area is 189 Å². The molecule has 3 aromatic rings. The average molecular weight is 469 g/mol. The van der Waals surface area contributed by atoms with Crippen molar-refractivity contribution in [2.45, 2.75) is 13.3 Å². The minimum atomic E-state index is -0.472. The van der Waals surface area contributed by atoms with Gasteiger partial charge in [0.25, 0.3) is 11.6 Å². The normalized spacial score (nSPS) is 10.8. The molecule has 0 spiro atoms. The molecule has 2 aromatic carbocycles. The molecule has 3 rings (SSSR count). The van der Waals surface area contributed by atoms with Gasteiger partial charge in [-0.1, -0.05) is 35.1 Å². The molecule has 0 radical (unpaired) electrons. The van der Waals surface area contributed by atoms with Crippen molar-refractivity contribution in [1.29, 1.82) is 0 Å². The van der Waals surface area contributed by atoms with E-state index >= 15 is 0 Å². The third-order valence-electron chi connectivity index (χ3n) is 4.55. The fraction of sp³-hybridized carbons (Fsp3) is 0.300. The molecule has 160 valence electrons. The number of anilines is 1. The Morgan fingerprint density at radius 2 is 1.90 bits per heavy atom. The summed E-state index contributed by atoms with van der Waals surface area (Å²) in [5.41, 5.74) is 1.22. The van der Waals surface area contributed by atoms with Crippen LogP contribution in [0.2, 0.25) is 5.02 Å². The van der Waals surface area contributed by atoms with Gasteiger partial charge in [0.2, 0.25) is 0 Å². The molecule has 0 aliphatic heterocycles. The number of nitro groups is 1. The van der Waals surface area contributed by atoms with Crippen LogP contribution in [0.5, 0.6) is 0 Å². The Morgan fingerprint density at radius 1 is 1.20 bits per heavy atom. The minimum Gasteiger partial charge on any atom is -0.309 e. The van der Waals surface area contributed by atoms with E-state index in [4.69, 9.17) is 11.6 Å². The number of aromatic nitrogens is 1. The van der Waals surface area contributed by atoms with Crippen LogP contribution in [0.15, 0.2) is 36.4 Å². The maximum absolute atomic E-state index is 13.4. The molecule has 0 unspecified atom stereocenters. The van der Waals surface area contributed by atoms with Gasteiger partial charge in [0.05, 0.1) is 14.6 Å². The Kier molecular flexibility index (Phi) is 8.14. The first-order valence-electron chi connectivity index (χ1n) is 9.05. The lowest BCUT2D eigenvalue weighted by molar-refractivity contribution is -0.385. The summed E-state index contributed by atoms with van der Waals surface area (Å²) >= 11 is 7.64. The van der Waals surface area contributed by atoms with E-state index in [2.05, 4.69) is 4.98 Å². The Bertz CT molecular complexity index is 1070. The van der Waals surface area contributed by atoms with Gasteiger partial charge in [-0.05, 0) is 52.2 Å². The lowest BCUT2D eigenvalue weighted by Gasteiger charge is -2.21. The molecule has 0 N–H and O–H groups in total. The van der Waals surface area contributed by atoms with Crippen LogP contribution in [-0.2, 0) is 0 Å². The molecule has 0 saturated carbocycles. The summed E-state index contributed by atoms with van der Waals surface area (Å²) in [6.07, 6.45) is 0.733. The van der Waals surface area contributed by atoms with Crippen molar-refractivity contribution in [2.24, 2.45) is 0 Å². The van der Waals surface area contributed by atoms with E-state index in [1.807, 2.05) is 31.1 Å². The number of nitrogens with zero attached hydrogens (tertiary/aromatic N) is 4. The molecule has 1 aromatic heterocycles. The van der Waals surface area contributed by atoms with Gasteiger partial charge < -0.3 is 4.90 Å². The van der Waals surface area contributed by atoms with Gasteiger partial charge >= 0.3 is 0 Å². The zero-order valence-corrected chi connectivity index (χ0v) is 19.2. The molecule has 1 amide bonds. The van der Waals surface area contributed by atoms with E-state index in [-0.39, 0.29) is 24.0 Å². The van der Waals surface area contributed by atoms with Gasteiger partial charge in [-0.3, -0.25) is 19.8 Å². The number of hydrogen-bond donors (Lipinski definition) is 0. The van der Waals surface area contributed by atoms with Crippen LogP contribution in [0.1, 0.15) is 22.3 Å². The maximum Gasteiger partial charge on any atom is 0.273 e. The third-order valence-corrected chi connectivity index (χ3v) is 5.90. The number of hydrogen-bond acceptors (Lipinski definition) is 6. The van der Waals surface area contributed by atoms with Gasteiger partial charge in [0, 0.05) is 23.7 Å². The van der Waals surface area contributed by atoms with E-state index in [9.17, 15) is 14.9 Å². The van der Waals surface area contributed by atoms with Gasteiger partial charge in [0.1, 0.15) is 5.52 Å². The van der Waals surface area contributed by atoms with Crippen LogP contribution in [-0.4, -0.2) is 47.9 Å². The van der Waals surface area contributed by atoms with E-state index in [0.717, 1.165) is 17.7 Å². The minimum absolute atomic E-state index is 0. The van der Waals surface area contributed by atoms with Crippen molar-refractivity contribution in [2.75, 3.05) is 32.1 Å². The standard InChI is InChI=1S/C20H21ClN4O3S.ClH/c1-13-14(7-4-9-16(13)25(27)28)19(26)24(12-6-11-23(2)3)20-22-18-15(21)8-5-10-17(18)29-20;/h4-5,7-10H,6,11-12H2,1-3H3;1H. The van der Waals surface area contributed by atoms with Crippen LogP contribution < -0.4 is 4.90 Å².